The van der Waals surface area contributed by atoms with Crippen molar-refractivity contribution >= 4 is 17.8 Å². The minimum Gasteiger partial charge on any atom is -0.481 e. The molecule has 0 unspecified atom stereocenters. The van der Waals surface area contributed by atoms with Crippen molar-refractivity contribution < 1.29 is 14.7 Å². The molecule has 0 bridgehead atoms. The SMILES string of the molecule is CC(=O)Nc1ncn(CCC(=O)O)n1. The zero-order valence-corrected chi connectivity index (χ0v) is 7.60. The molecule has 0 aliphatic carbocycles. The predicted molar refractivity (Wildman–Crippen MR) is 46.6 cm³/mol. The number of hydrogen-bond donors (Lipinski definition) is 2. The van der Waals surface area contributed by atoms with Crippen molar-refractivity contribution in [3.8, 4) is 0 Å². The minimum atomic E-state index is -0.901. The van der Waals surface area contributed by atoms with Crippen molar-refractivity contribution in [3.63, 3.8) is 0 Å². The maximum absolute atomic E-state index is 10.6. The first kappa shape index (κ1) is 10.2. The summed E-state index contributed by atoms with van der Waals surface area (Å²) in [4.78, 5) is 24.6. The third-order valence-corrected chi connectivity index (χ3v) is 1.38. The summed E-state index contributed by atoms with van der Waals surface area (Å²) in [6.45, 7) is 1.58. The van der Waals surface area contributed by atoms with Crippen LogP contribution >= 0.6 is 0 Å². The highest BCUT2D eigenvalue weighted by Gasteiger charge is 2.03. The number of amides is 1. The highest BCUT2D eigenvalue weighted by atomic mass is 16.4. The van der Waals surface area contributed by atoms with E-state index in [1.807, 2.05) is 0 Å². The van der Waals surface area contributed by atoms with E-state index >= 15 is 0 Å². The fourth-order valence-corrected chi connectivity index (χ4v) is 0.827. The maximum atomic E-state index is 10.6. The topological polar surface area (TPSA) is 97.1 Å². The summed E-state index contributed by atoms with van der Waals surface area (Å²) in [5.41, 5.74) is 0. The molecule has 0 saturated carbocycles. The van der Waals surface area contributed by atoms with Crippen LogP contribution in [0, 0.1) is 0 Å². The van der Waals surface area contributed by atoms with Gasteiger partial charge in [0.05, 0.1) is 13.0 Å². The molecule has 1 rings (SSSR count). The smallest absolute Gasteiger partial charge is 0.305 e. The van der Waals surface area contributed by atoms with E-state index in [1.165, 1.54) is 17.9 Å². The van der Waals surface area contributed by atoms with E-state index in [0.29, 0.717) is 0 Å². The van der Waals surface area contributed by atoms with Crippen LogP contribution in [0.3, 0.4) is 0 Å². The molecular weight excluding hydrogens is 188 g/mol. The van der Waals surface area contributed by atoms with E-state index < -0.39 is 5.97 Å². The van der Waals surface area contributed by atoms with Gasteiger partial charge in [-0.25, -0.2) is 4.98 Å². The van der Waals surface area contributed by atoms with Gasteiger partial charge < -0.3 is 5.11 Å². The Kier molecular flexibility index (Phi) is 3.16. The highest BCUT2D eigenvalue weighted by Crippen LogP contribution is 1.97. The monoisotopic (exact) mass is 198 g/mol. The Bertz CT molecular complexity index is 346. The molecule has 0 saturated heterocycles. The summed E-state index contributed by atoms with van der Waals surface area (Å²) in [5, 5.41) is 14.6. The van der Waals surface area contributed by atoms with Crippen LogP contribution in [0.25, 0.3) is 0 Å². The summed E-state index contributed by atoms with van der Waals surface area (Å²) in [6.07, 6.45) is 1.34. The van der Waals surface area contributed by atoms with Gasteiger partial charge in [-0.05, 0) is 0 Å². The first-order valence-corrected chi connectivity index (χ1v) is 3.97. The van der Waals surface area contributed by atoms with Crippen molar-refractivity contribution in [3.05, 3.63) is 6.33 Å². The van der Waals surface area contributed by atoms with Crippen molar-refractivity contribution in [2.45, 2.75) is 19.9 Å². The Morgan fingerprint density at radius 1 is 1.64 bits per heavy atom. The van der Waals surface area contributed by atoms with Gasteiger partial charge in [0.15, 0.2) is 0 Å². The van der Waals surface area contributed by atoms with Gasteiger partial charge in [-0.1, -0.05) is 0 Å². The molecule has 7 heteroatoms. The molecule has 0 fully saturated rings. The number of carboxylic acids is 1. The molecule has 1 heterocycles. The second kappa shape index (κ2) is 4.35. The standard InChI is InChI=1S/C7H10N4O3/c1-5(12)9-7-8-4-11(10-7)3-2-6(13)14/h4H,2-3H2,1H3,(H,13,14)(H,9,10,12). The molecule has 1 aromatic rings. The fraction of sp³-hybridized carbons (Fsp3) is 0.429. The lowest BCUT2D eigenvalue weighted by molar-refractivity contribution is -0.137. The largest absolute Gasteiger partial charge is 0.481 e. The average molecular weight is 198 g/mol. The number of anilines is 1. The van der Waals surface area contributed by atoms with Gasteiger partial charge in [0.1, 0.15) is 6.33 Å². The molecule has 1 aromatic heterocycles. The second-order valence-electron chi connectivity index (χ2n) is 2.66. The van der Waals surface area contributed by atoms with Gasteiger partial charge in [-0.15, -0.1) is 5.10 Å². The van der Waals surface area contributed by atoms with Crippen LogP contribution in [0.4, 0.5) is 5.95 Å². The first-order valence-electron chi connectivity index (χ1n) is 3.97. The van der Waals surface area contributed by atoms with Gasteiger partial charge in [-0.2, -0.15) is 0 Å². The van der Waals surface area contributed by atoms with Crippen molar-refractivity contribution in [1.29, 1.82) is 0 Å². The van der Waals surface area contributed by atoms with Crippen molar-refractivity contribution in [2.24, 2.45) is 0 Å². The van der Waals surface area contributed by atoms with Crippen LogP contribution < -0.4 is 5.32 Å². The molecule has 0 radical (unpaired) electrons. The van der Waals surface area contributed by atoms with Crippen LogP contribution in [0.1, 0.15) is 13.3 Å². The Hall–Kier alpha value is -1.92. The van der Waals surface area contributed by atoms with Gasteiger partial charge in [-0.3, -0.25) is 19.6 Å². The molecule has 1 amide bonds. The fourth-order valence-electron chi connectivity index (χ4n) is 0.827. The molecule has 0 aliphatic heterocycles. The van der Waals surface area contributed by atoms with E-state index in [2.05, 4.69) is 15.4 Å². The number of rotatable bonds is 4. The van der Waals surface area contributed by atoms with Crippen LogP contribution in [-0.2, 0) is 16.1 Å². The van der Waals surface area contributed by atoms with Gasteiger partial charge >= 0.3 is 5.97 Å². The molecule has 0 aliphatic rings. The van der Waals surface area contributed by atoms with Crippen LogP contribution in [0.5, 0.6) is 0 Å². The lowest BCUT2D eigenvalue weighted by Crippen LogP contribution is -2.09. The Labute approximate surface area is 79.8 Å². The number of carbonyl (C=O) groups excluding carboxylic acids is 1. The average Bonchev–Trinajstić information content (AvgIpc) is 2.47. The third-order valence-electron chi connectivity index (χ3n) is 1.38. The molecule has 14 heavy (non-hydrogen) atoms. The third kappa shape index (κ3) is 3.21. The highest BCUT2D eigenvalue weighted by molar-refractivity contribution is 5.86. The number of nitrogens with one attached hydrogen (secondary N) is 1. The van der Waals surface area contributed by atoms with Gasteiger partial charge in [0.2, 0.25) is 11.9 Å². The van der Waals surface area contributed by atoms with Gasteiger partial charge in [0, 0.05) is 6.92 Å². The molecule has 2 N–H and O–H groups in total. The van der Waals surface area contributed by atoms with E-state index in [9.17, 15) is 9.59 Å². The molecule has 0 spiro atoms. The summed E-state index contributed by atoms with van der Waals surface area (Å²) in [6, 6.07) is 0. The summed E-state index contributed by atoms with van der Waals surface area (Å²) >= 11 is 0. The molecule has 0 atom stereocenters. The summed E-state index contributed by atoms with van der Waals surface area (Å²) < 4.78 is 1.36. The normalized spacial score (nSPS) is 9.79. The zero-order valence-electron chi connectivity index (χ0n) is 7.60. The summed E-state index contributed by atoms with van der Waals surface area (Å²) in [5.74, 6) is -0.981. The second-order valence-corrected chi connectivity index (χ2v) is 2.66. The molecular formula is C7H10N4O3. The van der Waals surface area contributed by atoms with E-state index in [1.54, 1.807) is 0 Å². The van der Waals surface area contributed by atoms with Crippen molar-refractivity contribution in [1.82, 2.24) is 14.8 Å². The van der Waals surface area contributed by atoms with Crippen molar-refractivity contribution in [2.75, 3.05) is 5.32 Å². The van der Waals surface area contributed by atoms with E-state index in [-0.39, 0.29) is 24.8 Å². The molecule has 7 nitrogen and oxygen atoms in total. The first-order chi connectivity index (χ1) is 6.58. The lowest BCUT2D eigenvalue weighted by Gasteiger charge is -1.95. The van der Waals surface area contributed by atoms with Crippen LogP contribution in [0.2, 0.25) is 0 Å². The zero-order chi connectivity index (χ0) is 10.6. The maximum Gasteiger partial charge on any atom is 0.305 e. The Morgan fingerprint density at radius 2 is 2.36 bits per heavy atom. The number of carbonyl (C=O) groups is 2. The molecule has 76 valence electrons. The van der Waals surface area contributed by atoms with E-state index in [0.717, 1.165) is 0 Å². The Balaban J connectivity index is 2.50. The lowest BCUT2D eigenvalue weighted by atomic mass is 10.4. The number of aryl methyl sites for hydroxylation is 1. The number of aromatic nitrogens is 3. The predicted octanol–water partition coefficient (Wildman–Crippen LogP) is -0.289. The quantitative estimate of drug-likeness (QED) is 0.692. The van der Waals surface area contributed by atoms with Crippen LogP contribution in [-0.4, -0.2) is 31.7 Å². The van der Waals surface area contributed by atoms with Crippen LogP contribution in [0.15, 0.2) is 6.33 Å². The number of carboxylic acid groups (broad SMARTS) is 1. The summed E-state index contributed by atoms with van der Waals surface area (Å²) in [7, 11) is 0. The number of aliphatic carboxylic acids is 1. The minimum absolute atomic E-state index is 0.0249. The Morgan fingerprint density at radius 3 is 2.93 bits per heavy atom. The van der Waals surface area contributed by atoms with Gasteiger partial charge in [0.25, 0.3) is 0 Å². The van der Waals surface area contributed by atoms with E-state index in [4.69, 9.17) is 5.11 Å². The molecule has 0 aromatic carbocycles. The number of hydrogen-bond acceptors (Lipinski definition) is 4. The number of nitrogens with zero attached hydrogens (tertiary/aromatic N) is 3.